The van der Waals surface area contributed by atoms with Crippen molar-refractivity contribution in [1.29, 1.82) is 0 Å². The number of benzene rings is 1. The lowest BCUT2D eigenvalue weighted by molar-refractivity contribution is 0.400. The Hall–Kier alpha value is -1.38. The van der Waals surface area contributed by atoms with Crippen molar-refractivity contribution >= 4 is 0 Å². The fraction of sp³-hybridized carbons (Fsp3) is 0.333. The van der Waals surface area contributed by atoms with E-state index in [1.54, 1.807) is 0 Å². The van der Waals surface area contributed by atoms with E-state index in [9.17, 15) is 10.2 Å². The highest BCUT2D eigenvalue weighted by Gasteiger charge is 2.29. The lowest BCUT2D eigenvalue weighted by Gasteiger charge is -1.99. The minimum Gasteiger partial charge on any atom is -0.504 e. The lowest BCUT2D eigenvalue weighted by atomic mass is 10.1. The normalized spacial score (nSPS) is 12.1. The highest BCUT2D eigenvalue weighted by Crippen LogP contribution is 2.55. The first-order chi connectivity index (χ1) is 5.74. The van der Waals surface area contributed by atoms with Crippen molar-refractivity contribution < 1.29 is 14.9 Å². The van der Waals surface area contributed by atoms with Crippen LogP contribution in [0, 0.1) is 0 Å². The van der Waals surface area contributed by atoms with Crippen molar-refractivity contribution in [2.24, 2.45) is 0 Å². The third kappa shape index (κ3) is 0.897. The number of phenols is 2. The highest BCUT2D eigenvalue weighted by atomic mass is 16.6. The van der Waals surface area contributed by atoms with Gasteiger partial charge in [0.25, 0.3) is 0 Å². The maximum absolute atomic E-state index is 9.41. The van der Waals surface area contributed by atoms with Crippen LogP contribution < -0.4 is 4.74 Å². The Bertz CT molecular complexity index is 331. The van der Waals surface area contributed by atoms with E-state index in [-0.39, 0.29) is 11.5 Å². The van der Waals surface area contributed by atoms with Gasteiger partial charge in [0.05, 0.1) is 0 Å². The van der Waals surface area contributed by atoms with E-state index in [1.807, 2.05) is 6.92 Å². The van der Waals surface area contributed by atoms with Crippen LogP contribution in [0.25, 0.3) is 0 Å². The SMILES string of the molecule is CCCc1c(O)c(O)cc2c1O2. The molecule has 0 bridgehead atoms. The summed E-state index contributed by atoms with van der Waals surface area (Å²) < 4.78 is 5.06. The number of hydrogen-bond acceptors (Lipinski definition) is 3. The quantitative estimate of drug-likeness (QED) is 0.531. The summed E-state index contributed by atoms with van der Waals surface area (Å²) in [6, 6.07) is 1.43. The molecule has 0 unspecified atom stereocenters. The number of hydrogen-bond donors (Lipinski definition) is 2. The van der Waals surface area contributed by atoms with E-state index < -0.39 is 0 Å². The van der Waals surface area contributed by atoms with E-state index in [0.29, 0.717) is 5.75 Å². The Morgan fingerprint density at radius 2 is 2.17 bits per heavy atom. The monoisotopic (exact) mass is 166 g/mol. The van der Waals surface area contributed by atoms with E-state index in [4.69, 9.17) is 4.74 Å². The minimum absolute atomic E-state index is 0.0342. The van der Waals surface area contributed by atoms with Crippen LogP contribution in [-0.4, -0.2) is 10.2 Å². The average molecular weight is 166 g/mol. The second-order valence-electron chi connectivity index (χ2n) is 2.90. The van der Waals surface area contributed by atoms with Gasteiger partial charge in [-0.15, -0.1) is 0 Å². The Morgan fingerprint density at radius 1 is 1.42 bits per heavy atom. The molecule has 3 heteroatoms. The molecule has 1 aromatic carbocycles. The van der Waals surface area contributed by atoms with Crippen molar-refractivity contribution in [1.82, 2.24) is 0 Å². The fourth-order valence-electron chi connectivity index (χ4n) is 1.33. The van der Waals surface area contributed by atoms with Crippen molar-refractivity contribution in [2.45, 2.75) is 19.8 Å². The number of aromatic hydroxyl groups is 2. The van der Waals surface area contributed by atoms with Gasteiger partial charge in [-0.25, -0.2) is 0 Å². The van der Waals surface area contributed by atoms with Crippen LogP contribution in [0.3, 0.4) is 0 Å². The second kappa shape index (κ2) is 2.30. The first kappa shape index (κ1) is 7.28. The number of ether oxygens (including phenoxy) is 1. The number of fused-ring (bicyclic) bond motifs is 1. The summed E-state index contributed by atoms with van der Waals surface area (Å²) in [7, 11) is 0. The molecule has 0 saturated carbocycles. The summed E-state index contributed by atoms with van der Waals surface area (Å²) in [5, 5.41) is 18.6. The van der Waals surface area contributed by atoms with Crippen molar-refractivity contribution in [3.05, 3.63) is 11.6 Å². The van der Waals surface area contributed by atoms with Crippen LogP contribution in [0.1, 0.15) is 18.9 Å². The molecule has 1 aliphatic heterocycles. The van der Waals surface area contributed by atoms with Crippen LogP contribution >= 0.6 is 0 Å². The summed E-state index contributed by atoms with van der Waals surface area (Å²) in [4.78, 5) is 0. The van der Waals surface area contributed by atoms with Crippen molar-refractivity contribution in [3.63, 3.8) is 0 Å². The van der Waals surface area contributed by atoms with Crippen molar-refractivity contribution in [2.75, 3.05) is 0 Å². The molecule has 0 fully saturated rings. The standard InChI is InChI=1S/C9H10O3/c1-2-3-5-8(11)6(10)4-7-9(5)12-7/h4,10-11H,2-3H2,1H3. The van der Waals surface area contributed by atoms with Gasteiger partial charge in [-0.2, -0.15) is 0 Å². The van der Waals surface area contributed by atoms with Crippen LogP contribution in [0.5, 0.6) is 23.0 Å². The van der Waals surface area contributed by atoms with Gasteiger partial charge >= 0.3 is 0 Å². The molecule has 64 valence electrons. The minimum atomic E-state index is -0.0882. The zero-order valence-electron chi connectivity index (χ0n) is 6.79. The predicted molar refractivity (Wildman–Crippen MR) is 43.8 cm³/mol. The van der Waals surface area contributed by atoms with Gasteiger partial charge in [0.15, 0.2) is 23.0 Å². The Kier molecular flexibility index (Phi) is 1.40. The zero-order valence-corrected chi connectivity index (χ0v) is 6.79. The molecule has 12 heavy (non-hydrogen) atoms. The Labute approximate surface area is 70.2 Å². The molecule has 1 aromatic rings. The predicted octanol–water partition coefficient (Wildman–Crippen LogP) is 2.16. The van der Waals surface area contributed by atoms with Gasteiger partial charge in [-0.05, 0) is 6.42 Å². The molecule has 0 spiro atoms. The lowest BCUT2D eigenvalue weighted by Crippen LogP contribution is -1.80. The second-order valence-corrected chi connectivity index (χ2v) is 2.90. The maximum atomic E-state index is 9.41. The van der Waals surface area contributed by atoms with Gasteiger partial charge in [-0.3, -0.25) is 0 Å². The topological polar surface area (TPSA) is 53.0 Å². The van der Waals surface area contributed by atoms with Gasteiger partial charge in [0, 0.05) is 11.6 Å². The zero-order chi connectivity index (χ0) is 8.72. The van der Waals surface area contributed by atoms with Crippen LogP contribution in [0.2, 0.25) is 0 Å². The average Bonchev–Trinajstić information content (AvgIpc) is 2.77. The van der Waals surface area contributed by atoms with Gasteiger partial charge in [0.1, 0.15) is 0 Å². The van der Waals surface area contributed by atoms with E-state index in [2.05, 4.69) is 0 Å². The van der Waals surface area contributed by atoms with E-state index in [1.165, 1.54) is 6.07 Å². The molecule has 0 saturated heterocycles. The highest BCUT2D eigenvalue weighted by molar-refractivity contribution is 5.68. The number of rotatable bonds is 2. The molecular weight excluding hydrogens is 156 g/mol. The smallest absolute Gasteiger partial charge is 0.177 e. The molecule has 0 aromatic heterocycles. The van der Waals surface area contributed by atoms with Gasteiger partial charge in [0.2, 0.25) is 0 Å². The molecule has 0 radical (unpaired) electrons. The molecule has 1 heterocycles. The summed E-state index contributed by atoms with van der Waals surface area (Å²) >= 11 is 0. The van der Waals surface area contributed by atoms with E-state index >= 15 is 0 Å². The first-order valence-corrected chi connectivity index (χ1v) is 3.99. The number of phenolic OH excluding ortho intramolecular Hbond substituents is 2. The third-order valence-electron chi connectivity index (χ3n) is 1.96. The maximum Gasteiger partial charge on any atom is 0.177 e. The first-order valence-electron chi connectivity index (χ1n) is 3.99. The molecule has 3 nitrogen and oxygen atoms in total. The molecule has 2 rings (SSSR count). The molecular formula is C9H10O3. The van der Waals surface area contributed by atoms with Crippen LogP contribution in [-0.2, 0) is 6.42 Å². The van der Waals surface area contributed by atoms with Crippen LogP contribution in [0.15, 0.2) is 6.07 Å². The van der Waals surface area contributed by atoms with E-state index in [0.717, 1.165) is 24.2 Å². The molecule has 1 aliphatic rings. The van der Waals surface area contributed by atoms with Crippen LogP contribution in [0.4, 0.5) is 0 Å². The molecule has 0 aliphatic carbocycles. The summed E-state index contributed by atoms with van der Waals surface area (Å²) in [6.07, 6.45) is 1.66. The summed E-state index contributed by atoms with van der Waals surface area (Å²) in [6.45, 7) is 2.01. The third-order valence-corrected chi connectivity index (χ3v) is 1.96. The molecule has 0 atom stereocenters. The fourth-order valence-corrected chi connectivity index (χ4v) is 1.33. The largest absolute Gasteiger partial charge is 0.504 e. The Morgan fingerprint density at radius 3 is 2.83 bits per heavy atom. The van der Waals surface area contributed by atoms with Gasteiger partial charge in [-0.1, -0.05) is 13.3 Å². The summed E-state index contributed by atoms with van der Waals surface area (Å²) in [5.74, 6) is 1.31. The molecule has 0 amide bonds. The molecule has 2 N–H and O–H groups in total. The summed E-state index contributed by atoms with van der Waals surface area (Å²) in [5.41, 5.74) is 0.729. The van der Waals surface area contributed by atoms with Gasteiger partial charge < -0.3 is 14.9 Å². The Balaban J connectivity index is 2.47. The van der Waals surface area contributed by atoms with Crippen molar-refractivity contribution in [3.8, 4) is 23.0 Å².